The van der Waals surface area contributed by atoms with Crippen LogP contribution >= 0.6 is 0 Å². The summed E-state index contributed by atoms with van der Waals surface area (Å²) in [5, 5.41) is 14.2. The normalized spacial score (nSPS) is 12.4. The van der Waals surface area contributed by atoms with Gasteiger partial charge in [0.2, 0.25) is 11.6 Å². The number of imidazole rings is 4. The highest BCUT2D eigenvalue weighted by Gasteiger charge is 2.25. The van der Waals surface area contributed by atoms with E-state index >= 15 is 0 Å². The van der Waals surface area contributed by atoms with Gasteiger partial charge in [0.15, 0.2) is 0 Å². The van der Waals surface area contributed by atoms with Crippen LogP contribution in [0.5, 0.6) is 0 Å². The van der Waals surface area contributed by atoms with Crippen molar-refractivity contribution < 1.29 is 0 Å². The molecule has 0 N–H and O–H groups in total. The van der Waals surface area contributed by atoms with Crippen LogP contribution < -0.4 is 0 Å². The van der Waals surface area contributed by atoms with Gasteiger partial charge in [-0.15, -0.1) is 0 Å². The van der Waals surface area contributed by atoms with Crippen LogP contribution in [0, 0.1) is 18.3 Å². The molecule has 10 aromatic rings. The predicted molar refractivity (Wildman–Crippen MR) is 169 cm³/mol. The first-order chi connectivity index (χ1) is 20.7. The summed E-state index contributed by atoms with van der Waals surface area (Å²) in [5.41, 5.74) is 11.2. The number of nitrogens with zero attached hydrogens (tertiary/aromatic N) is 6. The Morgan fingerprint density at radius 1 is 0.571 bits per heavy atom. The second-order valence-electron chi connectivity index (χ2n) is 11.2. The Balaban J connectivity index is 1.44. The van der Waals surface area contributed by atoms with Crippen LogP contribution in [0.15, 0.2) is 103 Å². The zero-order valence-electron chi connectivity index (χ0n) is 22.5. The second-order valence-corrected chi connectivity index (χ2v) is 11.2. The van der Waals surface area contributed by atoms with Crippen LogP contribution in [0.1, 0.15) is 11.1 Å². The molecular weight excluding hydrogens is 516 g/mol. The average Bonchev–Trinajstić information content (AvgIpc) is 3.73. The fourth-order valence-corrected chi connectivity index (χ4v) is 6.95. The fourth-order valence-electron chi connectivity index (χ4n) is 6.95. The van der Waals surface area contributed by atoms with E-state index in [4.69, 9.17) is 9.97 Å². The molecule has 6 aromatic carbocycles. The van der Waals surface area contributed by atoms with E-state index in [-0.39, 0.29) is 0 Å². The van der Waals surface area contributed by atoms with E-state index in [0.29, 0.717) is 5.56 Å². The Labute approximate surface area is 238 Å². The second kappa shape index (κ2) is 7.42. The van der Waals surface area contributed by atoms with E-state index in [0.717, 1.165) is 66.9 Å². The minimum absolute atomic E-state index is 0.665. The van der Waals surface area contributed by atoms with Crippen LogP contribution in [0.4, 0.5) is 0 Å². The van der Waals surface area contributed by atoms with Gasteiger partial charge in [-0.3, -0.25) is 8.80 Å². The summed E-state index contributed by atoms with van der Waals surface area (Å²) in [5.74, 6) is 1.70. The summed E-state index contributed by atoms with van der Waals surface area (Å²) in [4.78, 5) is 10.4. The van der Waals surface area contributed by atoms with E-state index < -0.39 is 0 Å². The molecule has 42 heavy (non-hydrogen) atoms. The SMILES string of the molecule is Cc1cc(C#N)ccc1-c1cc2c3c(c1)n1c4cc5ccccc5cc4nc1n3c1nc3cc4ccccc4cc3n21. The van der Waals surface area contributed by atoms with Crippen LogP contribution in [0.2, 0.25) is 0 Å². The lowest BCUT2D eigenvalue weighted by Gasteiger charge is -2.08. The van der Waals surface area contributed by atoms with Crippen LogP contribution in [0.25, 0.3) is 82.8 Å². The molecule has 0 aliphatic carbocycles. The molecular formula is C36H20N6. The number of hydrogen-bond acceptors (Lipinski definition) is 3. The maximum Gasteiger partial charge on any atom is 0.223 e. The Morgan fingerprint density at radius 3 is 1.60 bits per heavy atom. The number of benzene rings is 6. The van der Waals surface area contributed by atoms with E-state index in [9.17, 15) is 5.26 Å². The van der Waals surface area contributed by atoms with Gasteiger partial charge in [-0.05, 0) is 93.7 Å². The van der Waals surface area contributed by atoms with Crippen molar-refractivity contribution in [3.63, 3.8) is 0 Å². The van der Waals surface area contributed by atoms with Gasteiger partial charge < -0.3 is 0 Å². The summed E-state index contributed by atoms with van der Waals surface area (Å²) in [7, 11) is 0. The van der Waals surface area contributed by atoms with Crippen LogP contribution in [-0.2, 0) is 0 Å². The predicted octanol–water partition coefficient (Wildman–Crippen LogP) is 8.29. The minimum atomic E-state index is 0.665. The first kappa shape index (κ1) is 21.8. The monoisotopic (exact) mass is 536 g/mol. The third kappa shape index (κ3) is 2.63. The molecule has 0 amide bonds. The van der Waals surface area contributed by atoms with Crippen molar-refractivity contribution in [1.82, 2.24) is 23.2 Å². The summed E-state index contributed by atoms with van der Waals surface area (Å²) < 4.78 is 6.78. The van der Waals surface area contributed by atoms with Crippen LogP contribution in [-0.4, -0.2) is 23.2 Å². The maximum absolute atomic E-state index is 9.48. The lowest BCUT2D eigenvalue weighted by Crippen LogP contribution is -1.90. The summed E-state index contributed by atoms with van der Waals surface area (Å²) in [6.45, 7) is 2.07. The Hall–Kier alpha value is -5.93. The molecule has 0 saturated heterocycles. The molecule has 0 spiro atoms. The third-order valence-electron chi connectivity index (χ3n) is 8.85. The molecule has 194 valence electrons. The molecule has 4 heterocycles. The zero-order valence-corrected chi connectivity index (χ0v) is 22.5. The molecule has 10 rings (SSSR count). The van der Waals surface area contributed by atoms with E-state index in [1.807, 2.05) is 12.1 Å². The molecule has 4 aromatic heterocycles. The minimum Gasteiger partial charge on any atom is -0.276 e. The van der Waals surface area contributed by atoms with E-state index in [2.05, 4.69) is 117 Å². The van der Waals surface area contributed by atoms with Crippen LogP contribution in [0.3, 0.4) is 0 Å². The van der Waals surface area contributed by atoms with Crippen molar-refractivity contribution in [1.29, 1.82) is 5.26 Å². The van der Waals surface area contributed by atoms with Crippen molar-refractivity contribution in [2.24, 2.45) is 0 Å². The summed E-state index contributed by atoms with van der Waals surface area (Å²) >= 11 is 0. The number of nitriles is 1. The lowest BCUT2D eigenvalue weighted by atomic mass is 9.98. The van der Waals surface area contributed by atoms with Crippen molar-refractivity contribution in [3.05, 3.63) is 114 Å². The Morgan fingerprint density at radius 2 is 1.10 bits per heavy atom. The molecule has 6 heteroatoms. The Bertz CT molecular complexity index is 2660. The van der Waals surface area contributed by atoms with Crippen molar-refractivity contribution in [2.45, 2.75) is 6.92 Å². The van der Waals surface area contributed by atoms with Gasteiger partial charge in [-0.25, -0.2) is 14.4 Å². The van der Waals surface area contributed by atoms with Gasteiger partial charge in [-0.2, -0.15) is 5.26 Å². The highest BCUT2D eigenvalue weighted by atomic mass is 15.3. The maximum atomic E-state index is 9.48. The molecule has 0 atom stereocenters. The zero-order chi connectivity index (χ0) is 27.7. The average molecular weight is 537 g/mol. The quantitative estimate of drug-likeness (QED) is 0.212. The van der Waals surface area contributed by atoms with Crippen molar-refractivity contribution in [2.75, 3.05) is 0 Å². The summed E-state index contributed by atoms with van der Waals surface area (Å²) in [6, 6.07) is 38.4. The molecule has 6 nitrogen and oxygen atoms in total. The summed E-state index contributed by atoms with van der Waals surface area (Å²) in [6.07, 6.45) is 0. The molecule has 0 aliphatic rings. The van der Waals surface area contributed by atoms with Gasteiger partial charge in [-0.1, -0.05) is 54.6 Å². The number of rotatable bonds is 1. The van der Waals surface area contributed by atoms with E-state index in [1.54, 1.807) is 0 Å². The van der Waals surface area contributed by atoms with Gasteiger partial charge >= 0.3 is 0 Å². The topological polar surface area (TPSA) is 62.8 Å². The fraction of sp³-hybridized carbons (Fsp3) is 0.0278. The third-order valence-corrected chi connectivity index (χ3v) is 8.85. The molecule has 0 aliphatic heterocycles. The van der Waals surface area contributed by atoms with Gasteiger partial charge in [0, 0.05) is 0 Å². The molecule has 0 fully saturated rings. The number of aryl methyl sites for hydroxylation is 1. The first-order valence-corrected chi connectivity index (χ1v) is 14.0. The largest absolute Gasteiger partial charge is 0.276 e. The van der Waals surface area contributed by atoms with Gasteiger partial charge in [0.1, 0.15) is 5.52 Å². The number of hydrogen-bond donors (Lipinski definition) is 0. The van der Waals surface area contributed by atoms with Gasteiger partial charge in [0.05, 0.1) is 44.7 Å². The lowest BCUT2D eigenvalue weighted by molar-refractivity contribution is 1.15. The first-order valence-electron chi connectivity index (χ1n) is 14.0. The molecule has 0 bridgehead atoms. The molecule has 0 saturated carbocycles. The standard InChI is InChI=1S/C36H20N6/c1-20-12-21(19-37)10-11-27(20)26-17-32-34-33(18-26)41-31-16-25-9-5-3-7-23(25)14-29(31)39-36(41)42(34)35-38-28-13-22-6-2-4-8-24(22)15-30(28)40(32)35/h2-18H,1H3. The van der Waals surface area contributed by atoms with Crippen molar-refractivity contribution in [3.8, 4) is 17.2 Å². The smallest absolute Gasteiger partial charge is 0.223 e. The van der Waals surface area contributed by atoms with Crippen molar-refractivity contribution >= 4 is 71.7 Å². The Kier molecular flexibility index (Phi) is 3.86. The highest BCUT2D eigenvalue weighted by Crippen LogP contribution is 2.39. The molecule has 0 radical (unpaired) electrons. The highest BCUT2D eigenvalue weighted by molar-refractivity contribution is 6.08. The number of fused-ring (bicyclic) bond motifs is 12. The number of aromatic nitrogens is 5. The molecule has 0 unspecified atom stereocenters. The van der Waals surface area contributed by atoms with E-state index in [1.165, 1.54) is 21.5 Å². The van der Waals surface area contributed by atoms with Gasteiger partial charge in [0.25, 0.3) is 0 Å².